The monoisotopic (exact) mass is 1100 g/mol. The van der Waals surface area contributed by atoms with E-state index in [4.69, 9.17) is 22.9 Å². The maximum atomic E-state index is 14.7. The second-order valence-corrected chi connectivity index (χ2v) is 21.9. The number of unbranched alkanes of at least 4 members (excludes halogenated alkanes) is 4. The first-order chi connectivity index (χ1) is 37.7. The van der Waals surface area contributed by atoms with Gasteiger partial charge in [0.2, 0.25) is 41.4 Å². The molecule has 3 rings (SSSR count). The second kappa shape index (κ2) is 36.1. The van der Waals surface area contributed by atoms with E-state index in [-0.39, 0.29) is 108 Å². The first-order valence-corrected chi connectivity index (χ1v) is 28.5. The van der Waals surface area contributed by atoms with Crippen molar-refractivity contribution in [1.82, 2.24) is 37.2 Å². The van der Waals surface area contributed by atoms with Crippen molar-refractivity contribution in [3.63, 3.8) is 0 Å². The van der Waals surface area contributed by atoms with Gasteiger partial charge in [-0.2, -0.15) is 0 Å². The molecule has 21 nitrogen and oxygen atoms in total. The van der Waals surface area contributed by atoms with Crippen molar-refractivity contribution in [1.29, 1.82) is 0 Å². The summed E-state index contributed by atoms with van der Waals surface area (Å²) < 4.78 is 0. The molecule has 2 aromatic carbocycles. The molecule has 1 fully saturated rings. The summed E-state index contributed by atoms with van der Waals surface area (Å²) in [6.45, 7) is 9.15. The lowest BCUT2D eigenvalue weighted by molar-refractivity contribution is -0.136. The van der Waals surface area contributed by atoms with Crippen molar-refractivity contribution in [2.75, 3.05) is 31.9 Å². The van der Waals surface area contributed by atoms with E-state index < -0.39 is 108 Å². The van der Waals surface area contributed by atoms with Crippen molar-refractivity contribution in [2.45, 2.75) is 186 Å². The van der Waals surface area contributed by atoms with Gasteiger partial charge < -0.3 is 65.3 Å². The topological polar surface area (TPSA) is 362 Å². The molecule has 0 spiro atoms. The Morgan fingerprint density at radius 2 is 1.14 bits per heavy atom. The van der Waals surface area contributed by atoms with Crippen LogP contribution in [0, 0.1) is 23.7 Å². The summed E-state index contributed by atoms with van der Waals surface area (Å²) in [4.78, 5) is 128. The van der Waals surface area contributed by atoms with Gasteiger partial charge in [-0.25, -0.2) is 0 Å². The van der Waals surface area contributed by atoms with Crippen LogP contribution in [-0.4, -0.2) is 127 Å². The summed E-state index contributed by atoms with van der Waals surface area (Å²) in [6, 6.07) is 8.11. The Bertz CT molecular complexity index is 2250. The molecule has 0 saturated carbocycles. The molecule has 79 heavy (non-hydrogen) atoms. The highest BCUT2D eigenvalue weighted by atomic mass is 16.3. The first-order valence-electron chi connectivity index (χ1n) is 28.5. The fourth-order valence-corrected chi connectivity index (χ4v) is 9.60. The Balaban J connectivity index is 2.13. The lowest BCUT2D eigenvalue weighted by Gasteiger charge is -2.28. The van der Waals surface area contributed by atoms with Crippen LogP contribution in [-0.2, 0) is 56.0 Å². The molecule has 16 N–H and O–H groups in total. The summed E-state index contributed by atoms with van der Waals surface area (Å²) in [6.07, 6.45) is 3.51. The molecule has 0 unspecified atom stereocenters. The largest absolute Gasteiger partial charge is 0.399 e. The predicted octanol–water partition coefficient (Wildman–Crippen LogP) is 1.88. The minimum Gasteiger partial charge on any atom is -0.399 e. The number of carbonyl (C=O) groups excluding carboxylic acids is 9. The second-order valence-electron chi connectivity index (χ2n) is 21.9. The van der Waals surface area contributed by atoms with Crippen LogP contribution < -0.4 is 60.2 Å². The number of nitrogens with two attached hydrogens (primary N) is 4. The normalized spacial score (nSPS) is 22.4. The highest BCUT2D eigenvalue weighted by Gasteiger charge is 2.36. The highest BCUT2D eigenvalue weighted by molar-refractivity contribution is 5.98. The summed E-state index contributed by atoms with van der Waals surface area (Å²) in [5.74, 6) is -8.29. The zero-order valence-electron chi connectivity index (χ0n) is 47.3. The lowest BCUT2D eigenvalue weighted by Crippen LogP contribution is -2.60. The van der Waals surface area contributed by atoms with E-state index in [1.54, 1.807) is 54.6 Å². The summed E-state index contributed by atoms with van der Waals surface area (Å²) >= 11 is 0. The first kappa shape index (κ1) is 67.0. The third kappa shape index (κ3) is 25.2. The number of anilines is 1. The average molecular weight is 1100 g/mol. The van der Waals surface area contributed by atoms with Crippen LogP contribution in [0.15, 0.2) is 54.6 Å². The number of hydrogen-bond acceptors (Lipinski definition) is 14. The molecule has 0 radical (unpaired) electrons. The van der Waals surface area contributed by atoms with Crippen LogP contribution in [0.2, 0.25) is 0 Å². The molecule has 1 saturated heterocycles. The number of ketones is 2. The van der Waals surface area contributed by atoms with E-state index in [1.165, 1.54) is 0 Å². The van der Waals surface area contributed by atoms with E-state index in [0.29, 0.717) is 23.2 Å². The summed E-state index contributed by atoms with van der Waals surface area (Å²) in [5.41, 5.74) is 25.7. The van der Waals surface area contributed by atoms with Gasteiger partial charge in [0.25, 0.3) is 0 Å². The van der Waals surface area contributed by atoms with E-state index in [9.17, 15) is 48.3 Å². The smallest absolute Gasteiger partial charge is 0.243 e. The van der Waals surface area contributed by atoms with E-state index in [0.717, 1.165) is 32.1 Å². The maximum Gasteiger partial charge on any atom is 0.243 e. The number of amides is 7. The third-order valence-electron chi connectivity index (χ3n) is 14.0. The van der Waals surface area contributed by atoms with E-state index in [1.807, 2.05) is 27.7 Å². The lowest BCUT2D eigenvalue weighted by atomic mass is 9.89. The van der Waals surface area contributed by atoms with Gasteiger partial charge in [-0.3, -0.25) is 43.2 Å². The number of Topliss-reactive ketones (excluding diaryl/α,β-unsaturated/α-hetero) is 2. The van der Waals surface area contributed by atoms with Gasteiger partial charge in [0, 0.05) is 49.8 Å². The van der Waals surface area contributed by atoms with Crippen molar-refractivity contribution in [3.05, 3.63) is 65.7 Å². The number of nitrogen functional groups attached to an aromatic ring is 1. The quantitative estimate of drug-likeness (QED) is 0.0473. The number of aliphatic hydroxyl groups excluding tert-OH is 1. The van der Waals surface area contributed by atoms with Gasteiger partial charge in [-0.05, 0) is 106 Å². The van der Waals surface area contributed by atoms with Crippen molar-refractivity contribution in [3.8, 4) is 0 Å². The number of benzene rings is 2. The van der Waals surface area contributed by atoms with Crippen LogP contribution in [0.3, 0.4) is 0 Å². The van der Waals surface area contributed by atoms with Crippen LogP contribution >= 0.6 is 0 Å². The average Bonchev–Trinajstić information content (AvgIpc) is 3.39. The number of nitrogens with one attached hydrogen (secondary N) is 7. The maximum absolute atomic E-state index is 14.7. The Morgan fingerprint density at radius 1 is 0.620 bits per heavy atom. The predicted molar refractivity (Wildman–Crippen MR) is 304 cm³/mol. The molecule has 21 heteroatoms. The van der Waals surface area contributed by atoms with Crippen LogP contribution in [0.4, 0.5) is 5.69 Å². The molecular formula is C58H93N11O10. The minimum atomic E-state index is -1.34. The van der Waals surface area contributed by atoms with Gasteiger partial charge in [-0.15, -0.1) is 0 Å². The minimum absolute atomic E-state index is 0.00838. The molecule has 2 aromatic rings. The molecule has 1 aliphatic rings. The fraction of sp³-hybridized carbons (Fsp3) is 0.638. The van der Waals surface area contributed by atoms with E-state index >= 15 is 0 Å². The van der Waals surface area contributed by atoms with Gasteiger partial charge in [0.05, 0.1) is 12.1 Å². The molecule has 0 bridgehead atoms. The molecule has 440 valence electrons. The molecule has 0 aromatic heterocycles. The molecule has 0 aliphatic carbocycles. The van der Waals surface area contributed by atoms with Crippen LogP contribution in [0.1, 0.15) is 142 Å². The number of aliphatic hydroxyl groups is 1. The molecule has 9 atom stereocenters. The van der Waals surface area contributed by atoms with Crippen molar-refractivity contribution < 1.29 is 48.3 Å². The van der Waals surface area contributed by atoms with Crippen LogP contribution in [0.5, 0.6) is 0 Å². The van der Waals surface area contributed by atoms with Gasteiger partial charge in [0.15, 0.2) is 5.78 Å². The SMILES string of the molecule is CCCCCCC[C@@H](O)CC(=O)C[C@H](Cc1ccc(N)cc1)C(=O)N[C@H]1CCNC(=O)[C@H](CC(C)C)NC(=O)[C@H](CCN)NC(=O)[C@H](CCN)NC(=O)[C@H](Cc2ccccc2)NC(=O)[C@@H](CC(C)C)NC(=O)[C@H](CCN)CC1=O. The standard InChI is InChI=1S/C58H93N11O10/c1-6-7-8-9-13-16-43(70)35-44(71)33-41(31-39-17-19-42(62)20-18-39)53(74)64-45-24-28-63-54(75)48(29-36(2)3)68-56(77)47(23-27-61)65-55(76)46(22-26-60)66-58(79)50(32-38-14-11-10-12-15-38)69-57(78)49(30-37(4)5)67-52(73)40(21-25-59)34-51(45)72/h10-12,14-15,17-20,36-37,40-41,43,45-50,70H,6-9,13,16,21-35,59-62H2,1-5H3,(H,63,75)(H,64,74)(H,65,76)(H,66,79)(H,67,73)(H,68,77)(H,69,78)/t40-,41+,43-,45+,46+,47+,48+,49-,50+/m1/s1. The fourth-order valence-electron chi connectivity index (χ4n) is 9.60. The van der Waals surface area contributed by atoms with Gasteiger partial charge in [-0.1, -0.05) is 109 Å². The van der Waals surface area contributed by atoms with Gasteiger partial charge in [0.1, 0.15) is 36.0 Å². The van der Waals surface area contributed by atoms with Crippen molar-refractivity contribution >= 4 is 58.6 Å². The molecule has 1 aliphatic heterocycles. The third-order valence-corrected chi connectivity index (χ3v) is 14.0. The molecule has 7 amide bonds. The van der Waals surface area contributed by atoms with Crippen LogP contribution in [0.25, 0.3) is 0 Å². The number of hydrogen-bond donors (Lipinski definition) is 12. The summed E-state index contributed by atoms with van der Waals surface area (Å²) in [5, 5.41) is 30.2. The van der Waals surface area contributed by atoms with Gasteiger partial charge >= 0.3 is 0 Å². The Labute approximate surface area is 467 Å². The van der Waals surface area contributed by atoms with Crippen molar-refractivity contribution in [2.24, 2.45) is 40.9 Å². The zero-order valence-corrected chi connectivity index (χ0v) is 47.3. The number of carbonyl (C=O) groups is 9. The zero-order chi connectivity index (χ0) is 58.4. The molecular weight excluding hydrogens is 1010 g/mol. The highest BCUT2D eigenvalue weighted by Crippen LogP contribution is 2.21. The molecule has 1 heterocycles. The Morgan fingerprint density at radius 3 is 1.71 bits per heavy atom. The van der Waals surface area contributed by atoms with E-state index in [2.05, 4.69) is 44.1 Å². The Hall–Kier alpha value is -6.29. The summed E-state index contributed by atoms with van der Waals surface area (Å²) in [7, 11) is 0. The number of rotatable bonds is 26. The Kier molecular flexibility index (Phi) is 30.6.